The van der Waals surface area contributed by atoms with Gasteiger partial charge in [0.2, 0.25) is 5.89 Å². The van der Waals surface area contributed by atoms with E-state index in [-0.39, 0.29) is 12.1 Å². The van der Waals surface area contributed by atoms with Gasteiger partial charge in [0, 0.05) is 18.1 Å². The molecule has 1 aromatic heterocycles. The first kappa shape index (κ1) is 13.8. The summed E-state index contributed by atoms with van der Waals surface area (Å²) in [7, 11) is 2.11. The van der Waals surface area contributed by atoms with Crippen LogP contribution in [0, 0.1) is 0 Å². The van der Waals surface area contributed by atoms with Crippen LogP contribution in [0.2, 0.25) is 0 Å². The van der Waals surface area contributed by atoms with Crippen molar-refractivity contribution in [3.05, 3.63) is 11.7 Å². The second-order valence-corrected chi connectivity index (χ2v) is 5.96. The van der Waals surface area contributed by atoms with E-state index in [0.717, 1.165) is 37.4 Å². The molecule has 2 atom stereocenters. The van der Waals surface area contributed by atoms with Crippen LogP contribution in [-0.2, 0) is 0 Å². The Morgan fingerprint density at radius 3 is 3.17 bits per heavy atom. The lowest BCUT2D eigenvalue weighted by Crippen LogP contribution is -2.33. The van der Waals surface area contributed by atoms with Crippen molar-refractivity contribution in [3.63, 3.8) is 0 Å². The fourth-order valence-electron chi connectivity index (χ4n) is 2.04. The maximum atomic E-state index is 6.04. The van der Waals surface area contributed by atoms with Gasteiger partial charge < -0.3 is 10.3 Å². The molecule has 1 unspecified atom stereocenters. The molecule has 0 aliphatic carbocycles. The van der Waals surface area contributed by atoms with E-state index in [0.29, 0.717) is 5.89 Å². The van der Waals surface area contributed by atoms with Crippen molar-refractivity contribution in [1.82, 2.24) is 15.0 Å². The third-order valence-corrected chi connectivity index (χ3v) is 4.36. The van der Waals surface area contributed by atoms with Crippen LogP contribution in [0.5, 0.6) is 0 Å². The Kier molecular flexibility index (Phi) is 5.03. The van der Waals surface area contributed by atoms with Crippen LogP contribution >= 0.6 is 11.8 Å². The Balaban J connectivity index is 2.00. The Bertz CT molecular complexity index is 371. The molecule has 102 valence electrons. The van der Waals surface area contributed by atoms with Crippen LogP contribution in [0.4, 0.5) is 0 Å². The van der Waals surface area contributed by atoms with Gasteiger partial charge in [0.05, 0.1) is 12.1 Å². The molecule has 18 heavy (non-hydrogen) atoms. The highest BCUT2D eigenvalue weighted by atomic mass is 32.2. The molecular formula is C12H22N4OS. The molecule has 0 aromatic carbocycles. The van der Waals surface area contributed by atoms with Gasteiger partial charge in [0.25, 0.3) is 0 Å². The lowest BCUT2D eigenvalue weighted by Gasteiger charge is -2.29. The highest BCUT2D eigenvalue weighted by Crippen LogP contribution is 2.27. The summed E-state index contributed by atoms with van der Waals surface area (Å²) in [6, 6.07) is 0.146. The van der Waals surface area contributed by atoms with Crippen molar-refractivity contribution in [3.8, 4) is 0 Å². The largest absolute Gasteiger partial charge is 0.338 e. The molecule has 1 fully saturated rings. The summed E-state index contributed by atoms with van der Waals surface area (Å²) in [4.78, 5) is 6.76. The zero-order valence-corrected chi connectivity index (χ0v) is 11.9. The lowest BCUT2D eigenvalue weighted by atomic mass is 10.1. The van der Waals surface area contributed by atoms with Crippen molar-refractivity contribution in [2.45, 2.75) is 38.3 Å². The number of thioether (sulfide) groups is 1. The molecule has 2 rings (SSSR count). The summed E-state index contributed by atoms with van der Waals surface area (Å²) in [5, 5.41) is 4.10. The third kappa shape index (κ3) is 3.24. The molecule has 5 nitrogen and oxygen atoms in total. The summed E-state index contributed by atoms with van der Waals surface area (Å²) in [5.74, 6) is 3.57. The summed E-state index contributed by atoms with van der Waals surface area (Å²) >= 11 is 1.94. The van der Waals surface area contributed by atoms with E-state index in [1.807, 2.05) is 11.8 Å². The Morgan fingerprint density at radius 2 is 2.44 bits per heavy atom. The van der Waals surface area contributed by atoms with Crippen molar-refractivity contribution in [2.75, 3.05) is 25.1 Å². The predicted molar refractivity (Wildman–Crippen MR) is 73.4 cm³/mol. The van der Waals surface area contributed by atoms with E-state index < -0.39 is 0 Å². The highest BCUT2D eigenvalue weighted by Gasteiger charge is 2.26. The Hall–Kier alpha value is -0.590. The minimum Gasteiger partial charge on any atom is -0.338 e. The summed E-state index contributed by atoms with van der Waals surface area (Å²) in [6.07, 6.45) is 3.14. The van der Waals surface area contributed by atoms with Gasteiger partial charge >= 0.3 is 0 Å². The standard InChI is InChI=1S/C12H22N4OS/c1-3-4-5-9(13)12-14-11(15-17-12)10-8-18-7-6-16(10)2/h9-10H,3-8,13H2,1-2H3/t9-,10?/m0/s1. The number of hydrogen-bond acceptors (Lipinski definition) is 6. The second-order valence-electron chi connectivity index (χ2n) is 4.81. The molecule has 0 saturated carbocycles. The fraction of sp³-hybridized carbons (Fsp3) is 0.833. The van der Waals surface area contributed by atoms with Crippen LogP contribution in [0.15, 0.2) is 4.52 Å². The number of hydrogen-bond donors (Lipinski definition) is 1. The number of unbranched alkanes of at least 4 members (excludes halogenated alkanes) is 1. The number of aromatic nitrogens is 2. The van der Waals surface area contributed by atoms with E-state index in [4.69, 9.17) is 10.3 Å². The monoisotopic (exact) mass is 270 g/mol. The number of rotatable bonds is 5. The zero-order chi connectivity index (χ0) is 13.0. The molecule has 0 spiro atoms. The molecule has 2 heterocycles. The predicted octanol–water partition coefficient (Wildman–Crippen LogP) is 1.98. The molecule has 1 aliphatic rings. The minimum absolute atomic E-state index is 0.118. The van der Waals surface area contributed by atoms with Crippen molar-refractivity contribution in [1.29, 1.82) is 0 Å². The smallest absolute Gasteiger partial charge is 0.243 e. The maximum absolute atomic E-state index is 6.04. The van der Waals surface area contributed by atoms with E-state index in [1.54, 1.807) is 0 Å². The van der Waals surface area contributed by atoms with Crippen molar-refractivity contribution >= 4 is 11.8 Å². The zero-order valence-electron chi connectivity index (χ0n) is 11.1. The van der Waals surface area contributed by atoms with E-state index in [2.05, 4.69) is 29.0 Å². The highest BCUT2D eigenvalue weighted by molar-refractivity contribution is 7.99. The van der Waals surface area contributed by atoms with Crippen molar-refractivity contribution < 1.29 is 4.52 Å². The van der Waals surface area contributed by atoms with Gasteiger partial charge in [-0.05, 0) is 13.5 Å². The summed E-state index contributed by atoms with van der Waals surface area (Å²) in [6.45, 7) is 3.22. The van der Waals surface area contributed by atoms with Gasteiger partial charge in [-0.2, -0.15) is 16.7 Å². The maximum Gasteiger partial charge on any atom is 0.243 e. The molecule has 0 radical (unpaired) electrons. The first-order chi connectivity index (χ1) is 8.72. The third-order valence-electron chi connectivity index (χ3n) is 3.34. The van der Waals surface area contributed by atoms with Crippen molar-refractivity contribution in [2.24, 2.45) is 5.73 Å². The molecule has 1 aliphatic heterocycles. The van der Waals surface area contributed by atoms with Crippen LogP contribution in [0.3, 0.4) is 0 Å². The first-order valence-corrected chi connectivity index (χ1v) is 7.75. The van der Waals surface area contributed by atoms with Gasteiger partial charge in [-0.3, -0.25) is 4.90 Å². The van der Waals surface area contributed by atoms with E-state index in [9.17, 15) is 0 Å². The average molecular weight is 270 g/mol. The van der Waals surface area contributed by atoms with Gasteiger partial charge in [-0.1, -0.05) is 24.9 Å². The minimum atomic E-state index is -0.118. The fourth-order valence-corrected chi connectivity index (χ4v) is 3.25. The van der Waals surface area contributed by atoms with E-state index in [1.165, 1.54) is 5.75 Å². The van der Waals surface area contributed by atoms with Gasteiger partial charge in [-0.25, -0.2) is 0 Å². The molecule has 2 N–H and O–H groups in total. The van der Waals surface area contributed by atoms with Crippen LogP contribution < -0.4 is 5.73 Å². The quantitative estimate of drug-likeness (QED) is 0.882. The molecule has 0 bridgehead atoms. The topological polar surface area (TPSA) is 68.2 Å². The van der Waals surface area contributed by atoms with Gasteiger partial charge in [0.1, 0.15) is 0 Å². The Morgan fingerprint density at radius 1 is 1.61 bits per heavy atom. The molecular weight excluding hydrogens is 248 g/mol. The molecule has 0 amide bonds. The lowest BCUT2D eigenvalue weighted by molar-refractivity contribution is 0.255. The van der Waals surface area contributed by atoms with Crippen LogP contribution in [0.1, 0.15) is 50.0 Å². The SMILES string of the molecule is CCCC[C@H](N)c1nc(C2CSCCN2C)no1. The average Bonchev–Trinajstić information content (AvgIpc) is 2.86. The second kappa shape index (κ2) is 6.54. The Labute approximate surface area is 112 Å². The number of nitrogens with two attached hydrogens (primary N) is 1. The number of nitrogens with zero attached hydrogens (tertiary/aromatic N) is 3. The first-order valence-electron chi connectivity index (χ1n) is 6.59. The van der Waals surface area contributed by atoms with Crippen LogP contribution in [-0.4, -0.2) is 40.1 Å². The normalized spacial score (nSPS) is 23.2. The molecule has 1 aromatic rings. The summed E-state index contributed by atoms with van der Waals surface area (Å²) in [5.41, 5.74) is 6.04. The summed E-state index contributed by atoms with van der Waals surface area (Å²) < 4.78 is 5.30. The van der Waals surface area contributed by atoms with Crippen LogP contribution in [0.25, 0.3) is 0 Å². The van der Waals surface area contributed by atoms with Gasteiger partial charge in [-0.15, -0.1) is 0 Å². The van der Waals surface area contributed by atoms with Gasteiger partial charge in [0.15, 0.2) is 5.82 Å². The molecule has 6 heteroatoms. The molecule has 1 saturated heterocycles. The van der Waals surface area contributed by atoms with E-state index >= 15 is 0 Å².